The van der Waals surface area contributed by atoms with Crippen LogP contribution < -0.4 is 15.5 Å². The topological polar surface area (TPSA) is 91.0 Å². The van der Waals surface area contributed by atoms with Crippen LogP contribution in [-0.4, -0.2) is 46.2 Å². The summed E-state index contributed by atoms with van der Waals surface area (Å²) in [6.07, 6.45) is -1.04. The van der Waals surface area contributed by atoms with E-state index in [-0.39, 0.29) is 5.69 Å². The fourth-order valence-corrected chi connectivity index (χ4v) is 3.55. The molecule has 0 bridgehead atoms. The van der Waals surface area contributed by atoms with Crippen LogP contribution in [0.5, 0.6) is 0 Å². The summed E-state index contributed by atoms with van der Waals surface area (Å²) in [6.45, 7) is 3.08. The number of hydrogen-bond donors (Lipinski definition) is 3. The van der Waals surface area contributed by atoms with Gasteiger partial charge in [-0.15, -0.1) is 0 Å². The van der Waals surface area contributed by atoms with E-state index in [1.807, 2.05) is 12.1 Å². The van der Waals surface area contributed by atoms with Crippen molar-refractivity contribution in [2.75, 3.05) is 41.8 Å². The molecule has 0 saturated carbocycles. The molecule has 33 heavy (non-hydrogen) atoms. The Kier molecular flexibility index (Phi) is 5.47. The molecule has 1 aromatic carbocycles. The van der Waals surface area contributed by atoms with E-state index in [9.17, 15) is 13.2 Å². The molecule has 0 unspecified atom stereocenters. The van der Waals surface area contributed by atoms with E-state index >= 15 is 0 Å². The molecule has 1 aliphatic rings. The van der Waals surface area contributed by atoms with Crippen molar-refractivity contribution in [1.82, 2.24) is 19.9 Å². The summed E-state index contributed by atoms with van der Waals surface area (Å²) in [5.74, 6) is 1.49. The first-order valence-corrected chi connectivity index (χ1v) is 10.3. The summed E-state index contributed by atoms with van der Waals surface area (Å²) >= 11 is 0. The number of imidazole rings is 1. The summed E-state index contributed by atoms with van der Waals surface area (Å²) in [5, 5.41) is 6.02. The van der Waals surface area contributed by atoms with Crippen LogP contribution in [0.2, 0.25) is 0 Å². The molecule has 170 valence electrons. The zero-order valence-corrected chi connectivity index (χ0v) is 17.4. The summed E-state index contributed by atoms with van der Waals surface area (Å²) in [7, 11) is 0. The predicted molar refractivity (Wildman–Crippen MR) is 119 cm³/mol. The van der Waals surface area contributed by atoms with Crippen molar-refractivity contribution in [3.8, 4) is 0 Å². The predicted octanol–water partition coefficient (Wildman–Crippen LogP) is 4.70. The first-order valence-electron chi connectivity index (χ1n) is 10.3. The summed E-state index contributed by atoms with van der Waals surface area (Å²) < 4.78 is 44.2. The highest BCUT2D eigenvalue weighted by Crippen LogP contribution is 2.31. The van der Waals surface area contributed by atoms with Gasteiger partial charge in [-0.25, -0.2) is 15.0 Å². The van der Waals surface area contributed by atoms with Crippen molar-refractivity contribution in [1.29, 1.82) is 0 Å². The van der Waals surface area contributed by atoms with Crippen molar-refractivity contribution in [3.63, 3.8) is 0 Å². The van der Waals surface area contributed by atoms with E-state index in [0.717, 1.165) is 30.9 Å². The Morgan fingerprint density at radius 1 is 0.939 bits per heavy atom. The van der Waals surface area contributed by atoms with E-state index in [4.69, 9.17) is 4.74 Å². The highest BCUT2D eigenvalue weighted by Gasteiger charge is 2.30. The lowest BCUT2D eigenvalue weighted by molar-refractivity contribution is -0.137. The number of H-pyrrole nitrogens is 1. The van der Waals surface area contributed by atoms with Gasteiger partial charge in [0.2, 0.25) is 5.95 Å². The number of anilines is 5. The van der Waals surface area contributed by atoms with Crippen LogP contribution in [0.4, 0.5) is 42.1 Å². The summed E-state index contributed by atoms with van der Waals surface area (Å²) in [6, 6.07) is 10.5. The largest absolute Gasteiger partial charge is 0.416 e. The molecule has 4 aromatic rings. The van der Waals surface area contributed by atoms with Crippen molar-refractivity contribution < 1.29 is 17.9 Å². The van der Waals surface area contributed by atoms with Gasteiger partial charge in [-0.3, -0.25) is 0 Å². The quantitative estimate of drug-likeness (QED) is 0.402. The van der Waals surface area contributed by atoms with Gasteiger partial charge in [-0.05, 0) is 30.3 Å². The second-order valence-corrected chi connectivity index (χ2v) is 7.50. The minimum absolute atomic E-state index is 0.287. The van der Waals surface area contributed by atoms with Gasteiger partial charge in [0, 0.05) is 24.8 Å². The van der Waals surface area contributed by atoms with E-state index in [2.05, 4.69) is 35.5 Å². The molecule has 5 rings (SSSR count). The molecule has 0 amide bonds. The molecule has 1 saturated heterocycles. The third kappa shape index (κ3) is 4.82. The molecule has 3 aromatic heterocycles. The third-order valence-electron chi connectivity index (χ3n) is 5.20. The molecular weight excluding hydrogens is 435 g/mol. The molecule has 11 heteroatoms. The Morgan fingerprint density at radius 2 is 1.76 bits per heavy atom. The Labute approximate surface area is 186 Å². The first-order chi connectivity index (χ1) is 15.9. The van der Waals surface area contributed by atoms with Crippen LogP contribution in [-0.2, 0) is 10.9 Å². The standard InChI is InChI=1S/C22H20F3N7O/c23-22(24,25)14-2-1-3-15(10-14)28-20-11-17-18(13-27-20)30-21(29-17)31-19-5-4-16(12-26-19)32-6-8-33-9-7-32/h1-5,10-13H,6-9H2,(H,27,28)(H2,26,29,30,31). The highest BCUT2D eigenvalue weighted by molar-refractivity contribution is 5.80. The molecule has 8 nitrogen and oxygen atoms in total. The summed E-state index contributed by atoms with van der Waals surface area (Å²) in [4.78, 5) is 18.5. The fourth-order valence-electron chi connectivity index (χ4n) is 3.55. The second kappa shape index (κ2) is 8.58. The average molecular weight is 455 g/mol. The van der Waals surface area contributed by atoms with Gasteiger partial charge in [-0.1, -0.05) is 6.07 Å². The smallest absolute Gasteiger partial charge is 0.378 e. The number of ether oxygens (including phenoxy) is 1. The van der Waals surface area contributed by atoms with Crippen molar-refractivity contribution in [2.24, 2.45) is 0 Å². The Hall–Kier alpha value is -3.86. The Bertz CT molecular complexity index is 1250. The van der Waals surface area contributed by atoms with Gasteiger partial charge in [0.15, 0.2) is 0 Å². The molecule has 0 spiro atoms. The Balaban J connectivity index is 1.29. The molecule has 1 fully saturated rings. The maximum Gasteiger partial charge on any atom is 0.416 e. The number of benzene rings is 1. The number of nitrogens with one attached hydrogen (secondary N) is 3. The number of pyridine rings is 2. The lowest BCUT2D eigenvalue weighted by Gasteiger charge is -2.28. The van der Waals surface area contributed by atoms with Crippen molar-refractivity contribution >= 4 is 40.0 Å². The van der Waals surface area contributed by atoms with Gasteiger partial charge in [0.1, 0.15) is 11.6 Å². The van der Waals surface area contributed by atoms with Crippen LogP contribution in [0.25, 0.3) is 11.0 Å². The minimum Gasteiger partial charge on any atom is -0.378 e. The van der Waals surface area contributed by atoms with E-state index in [1.54, 1.807) is 24.5 Å². The highest BCUT2D eigenvalue weighted by atomic mass is 19.4. The number of nitrogens with zero attached hydrogens (tertiary/aromatic N) is 4. The lowest BCUT2D eigenvalue weighted by Crippen LogP contribution is -2.36. The van der Waals surface area contributed by atoms with Crippen molar-refractivity contribution in [3.05, 3.63) is 60.4 Å². The number of rotatable bonds is 5. The van der Waals surface area contributed by atoms with Gasteiger partial charge >= 0.3 is 6.18 Å². The summed E-state index contributed by atoms with van der Waals surface area (Å²) in [5.41, 5.74) is 1.87. The maximum absolute atomic E-state index is 12.9. The van der Waals surface area contributed by atoms with Gasteiger partial charge in [0.25, 0.3) is 0 Å². The van der Waals surface area contributed by atoms with E-state index in [0.29, 0.717) is 41.8 Å². The van der Waals surface area contributed by atoms with Crippen LogP contribution in [0, 0.1) is 0 Å². The number of halogens is 3. The van der Waals surface area contributed by atoms with Crippen LogP contribution >= 0.6 is 0 Å². The normalized spacial score (nSPS) is 14.5. The molecule has 0 aliphatic carbocycles. The van der Waals surface area contributed by atoms with Gasteiger partial charge in [0.05, 0.1) is 47.9 Å². The number of fused-ring (bicyclic) bond motifs is 1. The van der Waals surface area contributed by atoms with Crippen LogP contribution in [0.1, 0.15) is 5.56 Å². The fraction of sp³-hybridized carbons (Fsp3) is 0.227. The lowest BCUT2D eigenvalue weighted by atomic mass is 10.2. The third-order valence-corrected chi connectivity index (χ3v) is 5.20. The number of morpholine rings is 1. The molecule has 0 atom stereocenters. The number of aromatic amines is 1. The van der Waals surface area contributed by atoms with E-state index < -0.39 is 11.7 Å². The monoisotopic (exact) mass is 455 g/mol. The molecular formula is C22H20F3N7O. The number of aromatic nitrogens is 4. The van der Waals surface area contributed by atoms with Gasteiger partial charge < -0.3 is 25.3 Å². The zero-order valence-electron chi connectivity index (χ0n) is 17.4. The molecule has 0 radical (unpaired) electrons. The zero-order chi connectivity index (χ0) is 22.8. The minimum atomic E-state index is -4.41. The number of hydrogen-bond acceptors (Lipinski definition) is 7. The van der Waals surface area contributed by atoms with Crippen LogP contribution in [0.15, 0.2) is 54.9 Å². The molecule has 1 aliphatic heterocycles. The molecule has 3 N–H and O–H groups in total. The van der Waals surface area contributed by atoms with Gasteiger partial charge in [-0.2, -0.15) is 13.2 Å². The SMILES string of the molecule is FC(F)(F)c1cccc(Nc2cc3nc(Nc4ccc(N5CCOCC5)cn4)[nH]c3cn2)c1. The van der Waals surface area contributed by atoms with Crippen LogP contribution in [0.3, 0.4) is 0 Å². The molecule has 4 heterocycles. The first kappa shape index (κ1) is 21.0. The number of alkyl halides is 3. The second-order valence-electron chi connectivity index (χ2n) is 7.50. The van der Waals surface area contributed by atoms with Crippen molar-refractivity contribution in [2.45, 2.75) is 6.18 Å². The average Bonchev–Trinajstić information content (AvgIpc) is 3.21. The Morgan fingerprint density at radius 3 is 2.52 bits per heavy atom. The maximum atomic E-state index is 12.9. The van der Waals surface area contributed by atoms with E-state index in [1.165, 1.54) is 6.07 Å².